The van der Waals surface area contributed by atoms with E-state index in [0.29, 0.717) is 6.42 Å². The standard InChI is InChI=1S/C11H8ClIN2S/c12-8-2-3-10-9(6-8)11(7-15(10)13)16-5-1-4-14/h2-3,6-7H,1,5H2. The number of thioether (sulfide) groups is 1. The van der Waals surface area contributed by atoms with Gasteiger partial charge < -0.3 is 0 Å². The smallest absolute Gasteiger partial charge is 0.0640 e. The largest absolute Gasteiger partial charge is 0.288 e. The molecule has 1 aromatic carbocycles. The van der Waals surface area contributed by atoms with E-state index in [1.54, 1.807) is 11.8 Å². The summed E-state index contributed by atoms with van der Waals surface area (Å²) in [6.07, 6.45) is 2.64. The molecule has 1 aromatic heterocycles. The summed E-state index contributed by atoms with van der Waals surface area (Å²) < 4.78 is 2.05. The first kappa shape index (κ1) is 12.1. The van der Waals surface area contributed by atoms with Gasteiger partial charge in [-0.05, 0) is 18.2 Å². The molecule has 16 heavy (non-hydrogen) atoms. The number of hydrogen-bond acceptors (Lipinski definition) is 2. The van der Waals surface area contributed by atoms with Crippen molar-refractivity contribution < 1.29 is 0 Å². The SMILES string of the molecule is N#CCCSc1cn(I)c2ccc(Cl)cc12. The van der Waals surface area contributed by atoms with Crippen LogP contribution in [-0.2, 0) is 0 Å². The number of halogens is 2. The van der Waals surface area contributed by atoms with Gasteiger partial charge in [0, 0.05) is 33.7 Å². The van der Waals surface area contributed by atoms with Crippen LogP contribution in [0.3, 0.4) is 0 Å². The monoisotopic (exact) mass is 362 g/mol. The summed E-state index contributed by atoms with van der Waals surface area (Å²) in [6.45, 7) is 0. The fourth-order valence-corrected chi connectivity index (χ4v) is 3.43. The highest BCUT2D eigenvalue weighted by Gasteiger charge is 2.07. The lowest BCUT2D eigenvalue weighted by atomic mass is 10.2. The number of nitriles is 1. The lowest BCUT2D eigenvalue weighted by molar-refractivity contribution is 1.24. The zero-order chi connectivity index (χ0) is 11.5. The zero-order valence-corrected chi connectivity index (χ0v) is 12.0. The van der Waals surface area contributed by atoms with Crippen LogP contribution < -0.4 is 0 Å². The van der Waals surface area contributed by atoms with Crippen LogP contribution in [0, 0.1) is 11.3 Å². The second kappa shape index (κ2) is 5.30. The first-order chi connectivity index (χ1) is 7.72. The Kier molecular flexibility index (Phi) is 4.00. The van der Waals surface area contributed by atoms with Gasteiger partial charge >= 0.3 is 0 Å². The Labute approximate surface area is 117 Å². The first-order valence-electron chi connectivity index (χ1n) is 4.69. The molecule has 1 heterocycles. The highest BCUT2D eigenvalue weighted by Crippen LogP contribution is 2.33. The Morgan fingerprint density at radius 3 is 3.06 bits per heavy atom. The molecule has 82 valence electrons. The minimum absolute atomic E-state index is 0.569. The molecule has 2 aromatic rings. The van der Waals surface area contributed by atoms with Crippen molar-refractivity contribution in [3.63, 3.8) is 0 Å². The van der Waals surface area contributed by atoms with E-state index in [1.807, 2.05) is 18.2 Å². The predicted molar refractivity (Wildman–Crippen MR) is 77.3 cm³/mol. The molecule has 5 heteroatoms. The van der Waals surface area contributed by atoms with Crippen molar-refractivity contribution in [2.45, 2.75) is 11.3 Å². The van der Waals surface area contributed by atoms with Gasteiger partial charge in [0.05, 0.1) is 34.5 Å². The van der Waals surface area contributed by atoms with E-state index in [1.165, 1.54) is 4.90 Å². The molecule has 0 saturated carbocycles. The maximum Gasteiger partial charge on any atom is 0.0640 e. The lowest BCUT2D eigenvalue weighted by Crippen LogP contribution is -1.75. The lowest BCUT2D eigenvalue weighted by Gasteiger charge is -1.97. The second-order valence-corrected chi connectivity index (χ2v) is 5.84. The van der Waals surface area contributed by atoms with Gasteiger partial charge in [-0.25, -0.2) is 0 Å². The molecule has 0 radical (unpaired) electrons. The minimum atomic E-state index is 0.569. The van der Waals surface area contributed by atoms with Gasteiger partial charge in [0.1, 0.15) is 0 Å². The van der Waals surface area contributed by atoms with E-state index in [4.69, 9.17) is 16.9 Å². The average Bonchev–Trinajstić information content (AvgIpc) is 2.56. The number of nitrogens with zero attached hydrogens (tertiary/aromatic N) is 2. The van der Waals surface area contributed by atoms with Crippen LogP contribution in [0.5, 0.6) is 0 Å². The number of rotatable bonds is 3. The maximum absolute atomic E-state index is 8.52. The van der Waals surface area contributed by atoms with Crippen LogP contribution in [0.2, 0.25) is 5.02 Å². The first-order valence-corrected chi connectivity index (χ1v) is 7.01. The topological polar surface area (TPSA) is 28.7 Å². The summed E-state index contributed by atoms with van der Waals surface area (Å²) in [7, 11) is 0. The highest BCUT2D eigenvalue weighted by atomic mass is 127. The van der Waals surface area contributed by atoms with Gasteiger partial charge in [0.15, 0.2) is 0 Å². The highest BCUT2D eigenvalue weighted by molar-refractivity contribution is 14.1. The van der Waals surface area contributed by atoms with Crippen molar-refractivity contribution in [3.8, 4) is 6.07 Å². The van der Waals surface area contributed by atoms with Crippen molar-refractivity contribution in [1.82, 2.24) is 2.78 Å². The van der Waals surface area contributed by atoms with Crippen LogP contribution >= 0.6 is 46.2 Å². The molecule has 0 amide bonds. The summed E-state index contributed by atoms with van der Waals surface area (Å²) in [5, 5.41) is 10.4. The number of benzene rings is 1. The number of fused-ring (bicyclic) bond motifs is 1. The third kappa shape index (κ3) is 2.47. The quantitative estimate of drug-likeness (QED) is 0.457. The van der Waals surface area contributed by atoms with Gasteiger partial charge in [0.25, 0.3) is 0 Å². The van der Waals surface area contributed by atoms with E-state index < -0.39 is 0 Å². The molecule has 0 fully saturated rings. The van der Waals surface area contributed by atoms with Crippen LogP contribution in [-0.4, -0.2) is 8.53 Å². The van der Waals surface area contributed by atoms with Crippen molar-refractivity contribution in [2.24, 2.45) is 0 Å². The van der Waals surface area contributed by atoms with Crippen LogP contribution in [0.1, 0.15) is 6.42 Å². The summed E-state index contributed by atoms with van der Waals surface area (Å²) >= 11 is 9.93. The third-order valence-electron chi connectivity index (χ3n) is 2.16. The molecule has 0 bridgehead atoms. The Morgan fingerprint density at radius 1 is 1.50 bits per heavy atom. The average molecular weight is 363 g/mol. The van der Waals surface area contributed by atoms with Gasteiger partial charge in [-0.2, -0.15) is 5.26 Å². The third-order valence-corrected chi connectivity index (χ3v) is 4.23. The summed E-state index contributed by atoms with van der Waals surface area (Å²) in [5.74, 6) is 0.818. The zero-order valence-electron chi connectivity index (χ0n) is 8.28. The van der Waals surface area contributed by atoms with E-state index in [-0.39, 0.29) is 0 Å². The maximum atomic E-state index is 8.52. The molecule has 0 spiro atoms. The van der Waals surface area contributed by atoms with Crippen molar-refractivity contribution in [1.29, 1.82) is 5.26 Å². The van der Waals surface area contributed by atoms with E-state index in [0.717, 1.165) is 21.7 Å². The Balaban J connectivity index is 2.38. The molecule has 2 rings (SSSR count). The molecule has 0 aliphatic heterocycles. The molecule has 0 aliphatic carbocycles. The van der Waals surface area contributed by atoms with Gasteiger partial charge in [-0.3, -0.25) is 2.78 Å². The van der Waals surface area contributed by atoms with Gasteiger partial charge in [0.2, 0.25) is 0 Å². The van der Waals surface area contributed by atoms with E-state index in [9.17, 15) is 0 Å². The van der Waals surface area contributed by atoms with Crippen LogP contribution in [0.4, 0.5) is 0 Å². The molecule has 0 atom stereocenters. The fraction of sp³-hybridized carbons (Fsp3) is 0.182. The van der Waals surface area contributed by atoms with E-state index >= 15 is 0 Å². The molecular weight excluding hydrogens is 355 g/mol. The van der Waals surface area contributed by atoms with Crippen LogP contribution in [0.25, 0.3) is 10.9 Å². The Bertz CT molecular complexity index is 559. The fourth-order valence-electron chi connectivity index (χ4n) is 1.46. The molecule has 0 N–H and O–H groups in total. The molecule has 2 nitrogen and oxygen atoms in total. The number of aromatic nitrogens is 1. The minimum Gasteiger partial charge on any atom is -0.288 e. The second-order valence-electron chi connectivity index (χ2n) is 3.22. The molecule has 0 unspecified atom stereocenters. The summed E-state index contributed by atoms with van der Waals surface area (Å²) in [6, 6.07) is 8.03. The van der Waals surface area contributed by atoms with Gasteiger partial charge in [-0.1, -0.05) is 11.6 Å². The van der Waals surface area contributed by atoms with Crippen molar-refractivity contribution >= 4 is 57.1 Å². The Hall–Kier alpha value is -0.380. The summed E-state index contributed by atoms with van der Waals surface area (Å²) in [4.78, 5) is 1.18. The Morgan fingerprint density at radius 2 is 2.31 bits per heavy atom. The van der Waals surface area contributed by atoms with Crippen LogP contribution in [0.15, 0.2) is 29.3 Å². The normalized spacial score (nSPS) is 10.6. The van der Waals surface area contributed by atoms with Crippen molar-refractivity contribution in [2.75, 3.05) is 5.75 Å². The van der Waals surface area contributed by atoms with Gasteiger partial charge in [-0.15, -0.1) is 11.8 Å². The summed E-state index contributed by atoms with van der Waals surface area (Å²) in [5.41, 5.74) is 1.16. The van der Waals surface area contributed by atoms with E-state index in [2.05, 4.69) is 37.9 Å². The predicted octanol–water partition coefficient (Wildman–Crippen LogP) is 4.50. The van der Waals surface area contributed by atoms with Crippen molar-refractivity contribution in [3.05, 3.63) is 29.4 Å². The number of hydrogen-bond donors (Lipinski definition) is 0. The molecular formula is C11H8ClIN2S. The molecule has 0 saturated heterocycles. The molecule has 0 aliphatic rings.